The molecule has 32 heavy (non-hydrogen) atoms. The number of piperazine rings is 1. The van der Waals surface area contributed by atoms with Crippen molar-refractivity contribution in [2.75, 3.05) is 37.6 Å². The van der Waals surface area contributed by atoms with Crippen molar-refractivity contribution in [3.8, 4) is 11.3 Å². The molecule has 1 aromatic heterocycles. The lowest BCUT2D eigenvalue weighted by Crippen LogP contribution is -2.46. The Bertz CT molecular complexity index is 834. The largest absolute Gasteiger partial charge is 0.369 e. The topological polar surface area (TPSA) is 59.0 Å². The number of halogens is 1. The van der Waals surface area contributed by atoms with E-state index in [-0.39, 0.29) is 5.17 Å². The third-order valence-electron chi connectivity index (χ3n) is 6.23. The maximum Gasteiger partial charge on any atom is 0.130 e. The first-order chi connectivity index (χ1) is 15.7. The van der Waals surface area contributed by atoms with E-state index in [1.165, 1.54) is 69.7 Å². The van der Waals surface area contributed by atoms with Crippen LogP contribution >= 0.6 is 11.6 Å². The number of nitrogens with one attached hydrogen (secondary N) is 2. The molecule has 0 atom stereocenters. The second-order valence-electron chi connectivity index (χ2n) is 8.71. The summed E-state index contributed by atoms with van der Waals surface area (Å²) in [5.41, 5.74) is 3.36. The molecule has 5 nitrogen and oxygen atoms in total. The summed E-state index contributed by atoms with van der Waals surface area (Å²) in [6.07, 6.45) is 16.2. The molecule has 0 saturated carbocycles. The molecule has 2 heterocycles. The molecular weight excluding hydrogens is 418 g/mol. The molecule has 2 aromatic rings. The zero-order valence-corrected chi connectivity index (χ0v) is 20.2. The van der Waals surface area contributed by atoms with Crippen molar-refractivity contribution >= 4 is 28.5 Å². The number of nitrogens with zero attached hydrogens (tertiary/aromatic N) is 3. The molecule has 0 amide bonds. The van der Waals surface area contributed by atoms with Gasteiger partial charge in [-0.1, -0.05) is 75.6 Å². The molecule has 0 spiro atoms. The first-order valence-electron chi connectivity index (χ1n) is 12.2. The number of anilines is 1. The van der Waals surface area contributed by atoms with Crippen molar-refractivity contribution in [3.05, 3.63) is 42.4 Å². The number of imidazole rings is 1. The Morgan fingerprint density at radius 3 is 2.31 bits per heavy atom. The van der Waals surface area contributed by atoms with E-state index in [0.717, 1.165) is 37.4 Å². The molecule has 0 unspecified atom stereocenters. The van der Waals surface area contributed by atoms with E-state index in [9.17, 15) is 0 Å². The van der Waals surface area contributed by atoms with Gasteiger partial charge in [-0.05, 0) is 42.8 Å². The molecule has 1 aliphatic heterocycles. The zero-order chi connectivity index (χ0) is 22.6. The minimum absolute atomic E-state index is 0.00907. The van der Waals surface area contributed by atoms with Crippen LogP contribution in [-0.4, -0.2) is 52.8 Å². The quantitative estimate of drug-likeness (QED) is 0.265. The maximum absolute atomic E-state index is 7.25. The third-order valence-corrected chi connectivity index (χ3v) is 6.35. The monoisotopic (exact) mass is 455 g/mol. The van der Waals surface area contributed by atoms with Crippen molar-refractivity contribution in [2.24, 2.45) is 0 Å². The second kappa shape index (κ2) is 13.4. The van der Waals surface area contributed by atoms with E-state index in [1.54, 1.807) is 6.08 Å². The Morgan fingerprint density at radius 2 is 1.66 bits per heavy atom. The predicted octanol–water partition coefficient (Wildman–Crippen LogP) is 6.57. The lowest BCUT2D eigenvalue weighted by Gasteiger charge is -2.36. The average Bonchev–Trinajstić information content (AvgIpc) is 3.29. The summed E-state index contributed by atoms with van der Waals surface area (Å²) in [5.74, 6) is 0.696. The molecule has 2 N–H and O–H groups in total. The summed E-state index contributed by atoms with van der Waals surface area (Å²) in [7, 11) is 0. The normalized spacial score (nSPS) is 15.0. The summed E-state index contributed by atoms with van der Waals surface area (Å²) in [6, 6.07) is 8.70. The van der Waals surface area contributed by atoms with Gasteiger partial charge in [0, 0.05) is 31.9 Å². The van der Waals surface area contributed by atoms with Crippen LogP contribution in [0.3, 0.4) is 0 Å². The fraction of sp³-hybridized carbons (Fsp3) is 0.538. The molecular formula is C26H38ClN5. The van der Waals surface area contributed by atoms with Gasteiger partial charge in [0.2, 0.25) is 0 Å². The Labute approximate surface area is 198 Å². The van der Waals surface area contributed by atoms with Gasteiger partial charge in [-0.25, -0.2) is 4.98 Å². The highest BCUT2D eigenvalue weighted by Crippen LogP contribution is 2.23. The van der Waals surface area contributed by atoms with Gasteiger partial charge < -0.3 is 9.88 Å². The van der Waals surface area contributed by atoms with E-state index in [0.29, 0.717) is 5.82 Å². The summed E-state index contributed by atoms with van der Waals surface area (Å²) in [5, 5.41) is 7.24. The predicted molar refractivity (Wildman–Crippen MR) is 138 cm³/mol. The van der Waals surface area contributed by atoms with Crippen molar-refractivity contribution in [1.82, 2.24) is 14.9 Å². The number of H-pyrrole nitrogens is 1. The number of rotatable bonds is 13. The van der Waals surface area contributed by atoms with Crippen LogP contribution in [0, 0.1) is 5.41 Å². The highest BCUT2D eigenvalue weighted by Gasteiger charge is 2.17. The number of aromatic nitrogens is 2. The fourth-order valence-corrected chi connectivity index (χ4v) is 4.33. The van der Waals surface area contributed by atoms with Crippen LogP contribution in [-0.2, 0) is 0 Å². The molecule has 1 saturated heterocycles. The SMILES string of the molecule is CCCCCCCCCCN1CCN(c2ccc(-c3cnc(/C=C\C(=N)Cl)[nH]3)cc2)CC1. The Morgan fingerprint density at radius 1 is 1.00 bits per heavy atom. The summed E-state index contributed by atoms with van der Waals surface area (Å²) >= 11 is 5.56. The van der Waals surface area contributed by atoms with Crippen LogP contribution in [0.4, 0.5) is 5.69 Å². The molecule has 1 fully saturated rings. The number of allylic oxidation sites excluding steroid dienone is 1. The minimum Gasteiger partial charge on any atom is -0.369 e. The van der Waals surface area contributed by atoms with Crippen LogP contribution < -0.4 is 4.90 Å². The first-order valence-corrected chi connectivity index (χ1v) is 12.6. The van der Waals surface area contributed by atoms with Crippen LogP contribution in [0.25, 0.3) is 17.3 Å². The molecule has 6 heteroatoms. The van der Waals surface area contributed by atoms with Gasteiger partial charge in [-0.3, -0.25) is 10.3 Å². The van der Waals surface area contributed by atoms with Crippen molar-refractivity contribution in [2.45, 2.75) is 58.3 Å². The van der Waals surface area contributed by atoms with Gasteiger partial charge in [0.25, 0.3) is 0 Å². The lowest BCUT2D eigenvalue weighted by atomic mass is 10.1. The van der Waals surface area contributed by atoms with Crippen molar-refractivity contribution < 1.29 is 0 Å². The van der Waals surface area contributed by atoms with Gasteiger partial charge in [0.05, 0.1) is 11.9 Å². The number of hydrogen-bond donors (Lipinski definition) is 2. The zero-order valence-electron chi connectivity index (χ0n) is 19.5. The molecule has 1 aliphatic rings. The van der Waals surface area contributed by atoms with Gasteiger partial charge in [-0.15, -0.1) is 0 Å². The third kappa shape index (κ3) is 8.10. The van der Waals surface area contributed by atoms with Crippen LogP contribution in [0.1, 0.15) is 64.1 Å². The highest BCUT2D eigenvalue weighted by atomic mass is 35.5. The number of benzene rings is 1. The Hall–Kier alpha value is -2.11. The van der Waals surface area contributed by atoms with Gasteiger partial charge >= 0.3 is 0 Å². The van der Waals surface area contributed by atoms with Gasteiger partial charge in [0.1, 0.15) is 11.0 Å². The molecule has 174 valence electrons. The van der Waals surface area contributed by atoms with Crippen LogP contribution in [0.15, 0.2) is 36.5 Å². The van der Waals surface area contributed by atoms with Gasteiger partial charge in [-0.2, -0.15) is 0 Å². The van der Waals surface area contributed by atoms with E-state index in [2.05, 4.69) is 51.0 Å². The second-order valence-corrected chi connectivity index (χ2v) is 9.12. The molecule has 3 rings (SSSR count). The van der Waals surface area contributed by atoms with E-state index < -0.39 is 0 Å². The summed E-state index contributed by atoms with van der Waals surface area (Å²) in [4.78, 5) is 12.7. The molecule has 0 aliphatic carbocycles. The molecule has 0 bridgehead atoms. The smallest absolute Gasteiger partial charge is 0.130 e. The van der Waals surface area contributed by atoms with Gasteiger partial charge in [0.15, 0.2) is 0 Å². The van der Waals surface area contributed by atoms with E-state index in [1.807, 2.05) is 6.20 Å². The lowest BCUT2D eigenvalue weighted by molar-refractivity contribution is 0.252. The first kappa shape index (κ1) is 24.5. The highest BCUT2D eigenvalue weighted by molar-refractivity contribution is 6.67. The van der Waals surface area contributed by atoms with E-state index in [4.69, 9.17) is 17.0 Å². The number of aromatic amines is 1. The standard InChI is InChI=1S/C26H38ClN5/c1-2-3-4-5-6-7-8-9-16-31-17-19-32(20-18-31)23-12-10-22(11-13-23)24-21-29-26(30-24)15-14-25(27)28/h10-15,21,28H,2-9,16-20H2,1H3,(H,29,30)/b15-14-,28-25?. The Kier molecular flexibility index (Phi) is 10.3. The van der Waals surface area contributed by atoms with Crippen LogP contribution in [0.2, 0.25) is 0 Å². The fourth-order valence-electron chi connectivity index (χ4n) is 4.27. The summed E-state index contributed by atoms with van der Waals surface area (Å²) < 4.78 is 0. The summed E-state index contributed by atoms with van der Waals surface area (Å²) in [6.45, 7) is 8.04. The van der Waals surface area contributed by atoms with E-state index >= 15 is 0 Å². The molecule has 0 radical (unpaired) electrons. The maximum atomic E-state index is 7.25. The Balaban J connectivity index is 1.37. The van der Waals surface area contributed by atoms with Crippen molar-refractivity contribution in [1.29, 1.82) is 5.41 Å². The minimum atomic E-state index is -0.00907. The van der Waals surface area contributed by atoms with Crippen molar-refractivity contribution in [3.63, 3.8) is 0 Å². The van der Waals surface area contributed by atoms with Crippen LogP contribution in [0.5, 0.6) is 0 Å². The molecule has 1 aromatic carbocycles. The number of unbranched alkanes of at least 4 members (excludes halogenated alkanes) is 7. The average molecular weight is 456 g/mol. The number of hydrogen-bond acceptors (Lipinski definition) is 4.